The van der Waals surface area contributed by atoms with Gasteiger partial charge in [0.2, 0.25) is 5.91 Å². The van der Waals surface area contributed by atoms with Crippen molar-refractivity contribution in [3.63, 3.8) is 0 Å². The quantitative estimate of drug-likeness (QED) is 0.763. The lowest BCUT2D eigenvalue weighted by atomic mass is 10.2. The minimum absolute atomic E-state index is 0.0522. The third kappa shape index (κ3) is 5.54. The zero-order chi connectivity index (χ0) is 16.5. The number of benzene rings is 1. The highest BCUT2D eigenvalue weighted by Gasteiger charge is 2.17. The van der Waals surface area contributed by atoms with Crippen LogP contribution in [0.15, 0.2) is 24.3 Å². The van der Waals surface area contributed by atoms with Crippen molar-refractivity contribution in [1.82, 2.24) is 10.2 Å². The summed E-state index contributed by atoms with van der Waals surface area (Å²) >= 11 is 0. The number of anilines is 1. The molecule has 126 valence electrons. The first kappa shape index (κ1) is 17.2. The fourth-order valence-electron chi connectivity index (χ4n) is 2.19. The molecule has 1 saturated heterocycles. The van der Waals surface area contributed by atoms with Crippen molar-refractivity contribution in [1.29, 1.82) is 0 Å². The van der Waals surface area contributed by atoms with Crippen molar-refractivity contribution in [3.05, 3.63) is 24.3 Å². The van der Waals surface area contributed by atoms with Gasteiger partial charge in [0.15, 0.2) is 6.61 Å². The molecule has 7 nitrogen and oxygen atoms in total. The van der Waals surface area contributed by atoms with Gasteiger partial charge in [0.05, 0.1) is 18.9 Å². The van der Waals surface area contributed by atoms with E-state index >= 15 is 0 Å². The molecule has 0 radical (unpaired) electrons. The van der Waals surface area contributed by atoms with Crippen LogP contribution in [-0.2, 0) is 14.3 Å². The first-order valence-corrected chi connectivity index (χ1v) is 7.72. The molecule has 0 aliphatic carbocycles. The predicted molar refractivity (Wildman–Crippen MR) is 86.5 cm³/mol. The van der Waals surface area contributed by atoms with Crippen molar-refractivity contribution in [2.75, 3.05) is 51.8 Å². The van der Waals surface area contributed by atoms with Crippen molar-refractivity contribution in [2.45, 2.75) is 6.42 Å². The minimum Gasteiger partial charge on any atom is -0.482 e. The van der Waals surface area contributed by atoms with E-state index < -0.39 is 0 Å². The van der Waals surface area contributed by atoms with Gasteiger partial charge < -0.3 is 25.0 Å². The summed E-state index contributed by atoms with van der Waals surface area (Å²) in [5.41, 5.74) is 0.573. The van der Waals surface area contributed by atoms with Crippen molar-refractivity contribution in [3.8, 4) is 5.75 Å². The molecule has 1 fully saturated rings. The Balaban J connectivity index is 1.89. The molecule has 1 aliphatic rings. The molecule has 1 heterocycles. The minimum atomic E-state index is -0.102. The van der Waals surface area contributed by atoms with Crippen LogP contribution in [0, 0.1) is 0 Å². The van der Waals surface area contributed by atoms with Gasteiger partial charge in [-0.2, -0.15) is 0 Å². The highest BCUT2D eigenvalue weighted by Crippen LogP contribution is 2.23. The monoisotopic (exact) mass is 321 g/mol. The number of hydrogen-bond donors (Lipinski definition) is 2. The maximum atomic E-state index is 12.1. The Morgan fingerprint density at radius 3 is 2.74 bits per heavy atom. The molecule has 7 heteroatoms. The molecule has 23 heavy (non-hydrogen) atoms. The number of ether oxygens (including phenoxy) is 2. The molecule has 0 saturated carbocycles. The zero-order valence-corrected chi connectivity index (χ0v) is 13.3. The summed E-state index contributed by atoms with van der Waals surface area (Å²) in [6.45, 7) is 2.84. The van der Waals surface area contributed by atoms with Gasteiger partial charge in [0.1, 0.15) is 5.75 Å². The Kier molecular flexibility index (Phi) is 6.83. The zero-order valence-electron chi connectivity index (χ0n) is 13.3. The van der Waals surface area contributed by atoms with E-state index in [0.717, 1.165) is 0 Å². The Labute approximate surface area is 135 Å². The number of carbonyl (C=O) groups excluding carboxylic acids is 2. The van der Waals surface area contributed by atoms with E-state index in [0.29, 0.717) is 50.7 Å². The summed E-state index contributed by atoms with van der Waals surface area (Å²) in [6.07, 6.45) is 0.373. The number of nitrogens with one attached hydrogen (secondary N) is 2. The van der Waals surface area contributed by atoms with Crippen LogP contribution < -0.4 is 15.4 Å². The normalized spacial score (nSPS) is 14.4. The first-order valence-electron chi connectivity index (χ1n) is 7.72. The molecule has 1 aromatic rings. The highest BCUT2D eigenvalue weighted by molar-refractivity contribution is 5.92. The van der Waals surface area contributed by atoms with E-state index in [9.17, 15) is 9.59 Å². The standard InChI is InChI=1S/C16H23N3O4/c1-17-7-6-15(20)18-13-4-2-3-5-14(13)23-12-16(21)19-8-10-22-11-9-19/h2-5,17H,6-12H2,1H3,(H,18,20). The summed E-state index contributed by atoms with van der Waals surface area (Å²) in [6, 6.07) is 7.11. The average Bonchev–Trinajstić information content (AvgIpc) is 2.59. The van der Waals surface area contributed by atoms with Crippen LogP contribution in [0.25, 0.3) is 0 Å². The van der Waals surface area contributed by atoms with Crippen LogP contribution in [0.5, 0.6) is 5.75 Å². The fourth-order valence-corrected chi connectivity index (χ4v) is 2.19. The largest absolute Gasteiger partial charge is 0.482 e. The number of para-hydroxylation sites is 2. The molecular formula is C16H23N3O4. The Morgan fingerprint density at radius 2 is 2.00 bits per heavy atom. The molecule has 1 aromatic carbocycles. The van der Waals surface area contributed by atoms with Crippen molar-refractivity contribution >= 4 is 17.5 Å². The number of carbonyl (C=O) groups is 2. The summed E-state index contributed by atoms with van der Waals surface area (Å²) in [7, 11) is 1.79. The Bertz CT molecular complexity index is 530. The van der Waals surface area contributed by atoms with Crippen LogP contribution in [0.2, 0.25) is 0 Å². The van der Waals surface area contributed by atoms with Crippen LogP contribution in [-0.4, -0.2) is 63.2 Å². The maximum absolute atomic E-state index is 12.1. The van der Waals surface area contributed by atoms with Gasteiger partial charge in [-0.15, -0.1) is 0 Å². The number of hydrogen-bond acceptors (Lipinski definition) is 5. The molecule has 2 N–H and O–H groups in total. The smallest absolute Gasteiger partial charge is 0.260 e. The third-order valence-corrected chi connectivity index (χ3v) is 3.48. The SMILES string of the molecule is CNCCC(=O)Nc1ccccc1OCC(=O)N1CCOCC1. The predicted octanol–water partition coefficient (Wildman–Crippen LogP) is 0.472. The van der Waals surface area contributed by atoms with E-state index in [1.165, 1.54) is 0 Å². The summed E-state index contributed by atoms with van der Waals surface area (Å²) in [5.74, 6) is 0.312. The van der Waals surface area contributed by atoms with Gasteiger partial charge in [0.25, 0.3) is 5.91 Å². The van der Waals surface area contributed by atoms with Crippen LogP contribution in [0.4, 0.5) is 5.69 Å². The van der Waals surface area contributed by atoms with Gasteiger partial charge >= 0.3 is 0 Å². The number of morpholine rings is 1. The maximum Gasteiger partial charge on any atom is 0.260 e. The van der Waals surface area contributed by atoms with Crippen molar-refractivity contribution in [2.24, 2.45) is 0 Å². The molecular weight excluding hydrogens is 298 g/mol. The lowest BCUT2D eigenvalue weighted by Gasteiger charge is -2.26. The van der Waals surface area contributed by atoms with Gasteiger partial charge in [-0.3, -0.25) is 9.59 Å². The second-order valence-corrected chi connectivity index (χ2v) is 5.18. The highest BCUT2D eigenvalue weighted by atomic mass is 16.5. The topological polar surface area (TPSA) is 79.9 Å². The van der Waals surface area contributed by atoms with E-state index in [4.69, 9.17) is 9.47 Å². The number of rotatable bonds is 7. The average molecular weight is 321 g/mol. The molecule has 2 amide bonds. The third-order valence-electron chi connectivity index (χ3n) is 3.48. The molecule has 0 bridgehead atoms. The molecule has 0 aromatic heterocycles. The van der Waals surface area contributed by atoms with Gasteiger partial charge in [-0.1, -0.05) is 12.1 Å². The summed E-state index contributed by atoms with van der Waals surface area (Å²) < 4.78 is 10.8. The first-order chi connectivity index (χ1) is 11.2. The molecule has 0 spiro atoms. The van der Waals surface area contributed by atoms with E-state index in [1.807, 2.05) is 6.07 Å². The Morgan fingerprint density at radius 1 is 1.26 bits per heavy atom. The van der Waals surface area contributed by atoms with Gasteiger partial charge in [-0.05, 0) is 19.2 Å². The fraction of sp³-hybridized carbons (Fsp3) is 0.500. The molecule has 0 unspecified atom stereocenters. The molecule has 1 aliphatic heterocycles. The van der Waals surface area contributed by atoms with Gasteiger partial charge in [0, 0.05) is 26.1 Å². The second-order valence-electron chi connectivity index (χ2n) is 5.18. The van der Waals surface area contributed by atoms with Crippen LogP contribution in [0.3, 0.4) is 0 Å². The second kappa shape index (κ2) is 9.12. The lowest BCUT2D eigenvalue weighted by molar-refractivity contribution is -0.137. The van der Waals surface area contributed by atoms with E-state index in [1.54, 1.807) is 30.1 Å². The van der Waals surface area contributed by atoms with Crippen molar-refractivity contribution < 1.29 is 19.1 Å². The van der Waals surface area contributed by atoms with E-state index in [-0.39, 0.29) is 18.4 Å². The van der Waals surface area contributed by atoms with Crippen LogP contribution in [0.1, 0.15) is 6.42 Å². The molecule has 2 rings (SSSR count). The Hall–Kier alpha value is -2.12. The van der Waals surface area contributed by atoms with Crippen LogP contribution >= 0.6 is 0 Å². The van der Waals surface area contributed by atoms with E-state index in [2.05, 4.69) is 10.6 Å². The molecule has 0 atom stereocenters. The summed E-state index contributed by atoms with van der Waals surface area (Å²) in [4.78, 5) is 25.6. The number of nitrogens with zero attached hydrogens (tertiary/aromatic N) is 1. The summed E-state index contributed by atoms with van der Waals surface area (Å²) in [5, 5.41) is 5.72. The lowest BCUT2D eigenvalue weighted by Crippen LogP contribution is -2.43. The number of amides is 2. The van der Waals surface area contributed by atoms with Gasteiger partial charge in [-0.25, -0.2) is 0 Å².